The van der Waals surface area contributed by atoms with Crippen LogP contribution in [-0.4, -0.2) is 5.71 Å². The molecule has 1 aliphatic carbocycles. The lowest BCUT2D eigenvalue weighted by atomic mass is 9.84. The number of rotatable bonds is 0. The largest absolute Gasteiger partial charge is 0.308 e. The molecule has 0 spiro atoms. The van der Waals surface area contributed by atoms with Gasteiger partial charge in [-0.2, -0.15) is 0 Å². The summed E-state index contributed by atoms with van der Waals surface area (Å²) in [5.74, 6) is 2.72. The SMILES string of the molecule is C#CC1CCC1=N. The molecule has 1 unspecified atom stereocenters. The molecule has 0 bridgehead atoms. The van der Waals surface area contributed by atoms with Crippen LogP contribution < -0.4 is 0 Å². The summed E-state index contributed by atoms with van der Waals surface area (Å²) in [5, 5.41) is 7.04. The minimum absolute atomic E-state index is 0.194. The van der Waals surface area contributed by atoms with Crippen LogP contribution >= 0.6 is 0 Å². The third kappa shape index (κ3) is 0.521. The summed E-state index contributed by atoms with van der Waals surface area (Å²) in [4.78, 5) is 0. The Hall–Kier alpha value is -0.770. The highest BCUT2D eigenvalue weighted by Crippen LogP contribution is 2.20. The molecular weight excluding hydrogens is 86.1 g/mol. The third-order valence-corrected chi connectivity index (χ3v) is 1.32. The molecule has 1 heteroatoms. The van der Waals surface area contributed by atoms with Crippen molar-refractivity contribution in [2.24, 2.45) is 5.92 Å². The first kappa shape index (κ1) is 4.39. The molecule has 0 amide bonds. The maximum absolute atomic E-state index is 7.04. The summed E-state index contributed by atoms with van der Waals surface area (Å²) in [6.07, 6.45) is 7.00. The highest BCUT2D eigenvalue weighted by Gasteiger charge is 2.20. The van der Waals surface area contributed by atoms with E-state index in [1.807, 2.05) is 0 Å². The van der Waals surface area contributed by atoms with Gasteiger partial charge in [0.05, 0.1) is 5.92 Å². The summed E-state index contributed by atoms with van der Waals surface area (Å²) in [7, 11) is 0. The minimum Gasteiger partial charge on any atom is -0.308 e. The Labute approximate surface area is 43.2 Å². The van der Waals surface area contributed by atoms with Crippen molar-refractivity contribution in [3.8, 4) is 12.3 Å². The Morgan fingerprint density at radius 3 is 2.57 bits per heavy atom. The van der Waals surface area contributed by atoms with Gasteiger partial charge >= 0.3 is 0 Å². The van der Waals surface area contributed by atoms with Gasteiger partial charge in [0.25, 0.3) is 0 Å². The predicted molar refractivity (Wildman–Crippen MR) is 29.3 cm³/mol. The number of terminal acetylenes is 1. The smallest absolute Gasteiger partial charge is 0.0579 e. The summed E-state index contributed by atoms with van der Waals surface area (Å²) in [5.41, 5.74) is 0.738. The van der Waals surface area contributed by atoms with E-state index in [-0.39, 0.29) is 5.92 Å². The number of hydrogen-bond acceptors (Lipinski definition) is 1. The fraction of sp³-hybridized carbons (Fsp3) is 0.500. The zero-order chi connectivity index (χ0) is 5.28. The minimum atomic E-state index is 0.194. The second-order valence-corrected chi connectivity index (χ2v) is 1.78. The van der Waals surface area contributed by atoms with E-state index >= 15 is 0 Å². The molecule has 0 aromatic carbocycles. The Morgan fingerprint density at radius 1 is 1.86 bits per heavy atom. The second kappa shape index (κ2) is 1.38. The summed E-state index contributed by atoms with van der Waals surface area (Å²) >= 11 is 0. The Morgan fingerprint density at radius 2 is 2.57 bits per heavy atom. The van der Waals surface area contributed by atoms with Crippen molar-refractivity contribution in [3.63, 3.8) is 0 Å². The van der Waals surface area contributed by atoms with Gasteiger partial charge in [-0.1, -0.05) is 5.92 Å². The summed E-state index contributed by atoms with van der Waals surface area (Å²) in [6, 6.07) is 0. The number of nitrogens with one attached hydrogen (secondary N) is 1. The molecule has 0 radical (unpaired) electrons. The second-order valence-electron chi connectivity index (χ2n) is 1.78. The van der Waals surface area contributed by atoms with Gasteiger partial charge in [0, 0.05) is 5.71 Å². The van der Waals surface area contributed by atoms with Crippen LogP contribution in [0.25, 0.3) is 0 Å². The molecule has 0 aliphatic heterocycles. The highest BCUT2D eigenvalue weighted by atomic mass is 14.5. The summed E-state index contributed by atoms with van der Waals surface area (Å²) in [6.45, 7) is 0. The molecule has 7 heavy (non-hydrogen) atoms. The van der Waals surface area contributed by atoms with Crippen molar-refractivity contribution in [1.82, 2.24) is 0 Å². The molecule has 1 fully saturated rings. The van der Waals surface area contributed by atoms with E-state index in [0.717, 1.165) is 18.6 Å². The normalized spacial score (nSPS) is 28.4. The lowest BCUT2D eigenvalue weighted by Crippen LogP contribution is -2.22. The maximum Gasteiger partial charge on any atom is 0.0579 e. The Balaban J connectivity index is 2.48. The zero-order valence-electron chi connectivity index (χ0n) is 4.07. The van der Waals surface area contributed by atoms with Gasteiger partial charge < -0.3 is 5.41 Å². The fourth-order valence-electron chi connectivity index (χ4n) is 0.617. The lowest BCUT2D eigenvalue weighted by Gasteiger charge is -2.20. The standard InChI is InChI=1S/C6H7N/c1-2-5-3-4-6(5)7/h1,5,7H,3-4H2. The van der Waals surface area contributed by atoms with Crippen LogP contribution in [0.1, 0.15) is 12.8 Å². The van der Waals surface area contributed by atoms with Crippen LogP contribution in [0.2, 0.25) is 0 Å². The molecular formula is C6H7N. The topological polar surface area (TPSA) is 23.9 Å². The first-order chi connectivity index (χ1) is 3.34. The maximum atomic E-state index is 7.04. The molecule has 0 aromatic rings. The molecule has 36 valence electrons. The van der Waals surface area contributed by atoms with Crippen molar-refractivity contribution < 1.29 is 0 Å². The van der Waals surface area contributed by atoms with Gasteiger partial charge in [0.2, 0.25) is 0 Å². The van der Waals surface area contributed by atoms with Crippen LogP contribution in [0.15, 0.2) is 0 Å². The molecule has 0 saturated heterocycles. The average Bonchev–Trinajstić information content (AvgIpc) is 1.65. The van der Waals surface area contributed by atoms with E-state index < -0.39 is 0 Å². The molecule has 0 aromatic heterocycles. The average molecular weight is 93.1 g/mol. The van der Waals surface area contributed by atoms with Crippen molar-refractivity contribution in [2.45, 2.75) is 12.8 Å². The van der Waals surface area contributed by atoms with Gasteiger partial charge in [-0.05, 0) is 12.8 Å². The highest BCUT2D eigenvalue weighted by molar-refractivity contribution is 5.91. The van der Waals surface area contributed by atoms with E-state index in [0.29, 0.717) is 0 Å². The predicted octanol–water partition coefficient (Wildman–Crippen LogP) is 1.05. The number of hydrogen-bond donors (Lipinski definition) is 1. The monoisotopic (exact) mass is 93.1 g/mol. The molecule has 1 nitrogen and oxygen atoms in total. The van der Waals surface area contributed by atoms with Gasteiger partial charge in [-0.3, -0.25) is 0 Å². The van der Waals surface area contributed by atoms with Gasteiger partial charge in [-0.15, -0.1) is 6.42 Å². The molecule has 1 saturated carbocycles. The van der Waals surface area contributed by atoms with Crippen LogP contribution in [0.3, 0.4) is 0 Å². The van der Waals surface area contributed by atoms with Crippen LogP contribution in [0, 0.1) is 23.7 Å². The molecule has 1 rings (SSSR count). The van der Waals surface area contributed by atoms with Crippen molar-refractivity contribution in [1.29, 1.82) is 5.41 Å². The van der Waals surface area contributed by atoms with E-state index in [2.05, 4.69) is 5.92 Å². The molecule has 1 aliphatic rings. The van der Waals surface area contributed by atoms with E-state index in [9.17, 15) is 0 Å². The summed E-state index contributed by atoms with van der Waals surface area (Å²) < 4.78 is 0. The van der Waals surface area contributed by atoms with Crippen LogP contribution in [-0.2, 0) is 0 Å². The fourth-order valence-corrected chi connectivity index (χ4v) is 0.617. The van der Waals surface area contributed by atoms with E-state index in [1.54, 1.807) is 0 Å². The third-order valence-electron chi connectivity index (χ3n) is 1.32. The first-order valence-corrected chi connectivity index (χ1v) is 2.38. The van der Waals surface area contributed by atoms with Gasteiger partial charge in [-0.25, -0.2) is 0 Å². The van der Waals surface area contributed by atoms with E-state index in [4.69, 9.17) is 11.8 Å². The van der Waals surface area contributed by atoms with Crippen molar-refractivity contribution in [2.75, 3.05) is 0 Å². The van der Waals surface area contributed by atoms with Crippen molar-refractivity contribution in [3.05, 3.63) is 0 Å². The quantitative estimate of drug-likeness (QED) is 0.433. The van der Waals surface area contributed by atoms with Gasteiger partial charge in [0.15, 0.2) is 0 Å². The van der Waals surface area contributed by atoms with Crippen LogP contribution in [0.4, 0.5) is 0 Å². The Bertz CT molecular complexity index is 130. The van der Waals surface area contributed by atoms with Gasteiger partial charge in [0.1, 0.15) is 0 Å². The van der Waals surface area contributed by atoms with E-state index in [1.165, 1.54) is 0 Å². The Kier molecular flexibility index (Phi) is 0.867. The molecule has 1 atom stereocenters. The first-order valence-electron chi connectivity index (χ1n) is 2.38. The van der Waals surface area contributed by atoms with Crippen molar-refractivity contribution >= 4 is 5.71 Å². The molecule has 0 heterocycles. The van der Waals surface area contributed by atoms with Crippen LogP contribution in [0.5, 0.6) is 0 Å². The molecule has 1 N–H and O–H groups in total. The zero-order valence-corrected chi connectivity index (χ0v) is 4.07. The lowest BCUT2D eigenvalue weighted by molar-refractivity contribution is 0.675.